The van der Waals surface area contributed by atoms with Gasteiger partial charge in [0, 0.05) is 0 Å². The van der Waals surface area contributed by atoms with E-state index in [-0.39, 0.29) is 17.6 Å². The zero-order chi connectivity index (χ0) is 19.2. The van der Waals surface area contributed by atoms with Gasteiger partial charge in [0.1, 0.15) is 5.82 Å². The number of rotatable bonds is 6. The fraction of sp³-hybridized carbons (Fsp3) is 0.174. The average molecular weight is 362 g/mol. The third-order valence-corrected chi connectivity index (χ3v) is 4.49. The zero-order valence-electron chi connectivity index (χ0n) is 15.4. The molecular formula is C23H23FN2O. The molecule has 1 amide bonds. The van der Waals surface area contributed by atoms with E-state index in [4.69, 9.17) is 0 Å². The largest absolute Gasteiger partial charge is 0.322 e. The summed E-state index contributed by atoms with van der Waals surface area (Å²) >= 11 is 0. The van der Waals surface area contributed by atoms with Crippen molar-refractivity contribution in [1.29, 1.82) is 0 Å². The first-order valence-electron chi connectivity index (χ1n) is 8.97. The minimum absolute atomic E-state index is 0.145. The number of nitrogens with one attached hydrogen (secondary N) is 2. The Balaban J connectivity index is 1.80. The number of aryl methyl sites for hydroxylation is 1. The molecule has 3 rings (SSSR count). The lowest BCUT2D eigenvalue weighted by atomic mass is 9.97. The number of amides is 1. The van der Waals surface area contributed by atoms with Gasteiger partial charge in [0.15, 0.2) is 0 Å². The predicted molar refractivity (Wildman–Crippen MR) is 107 cm³/mol. The number of hydrogen-bond donors (Lipinski definition) is 2. The molecule has 0 heterocycles. The molecule has 138 valence electrons. The normalized spacial score (nSPS) is 13.0. The van der Waals surface area contributed by atoms with Crippen LogP contribution in [0.4, 0.5) is 10.1 Å². The van der Waals surface area contributed by atoms with Crippen molar-refractivity contribution in [2.24, 2.45) is 0 Å². The van der Waals surface area contributed by atoms with E-state index in [1.54, 1.807) is 25.1 Å². The number of carbonyl (C=O) groups is 1. The van der Waals surface area contributed by atoms with Crippen LogP contribution in [0.3, 0.4) is 0 Å². The van der Waals surface area contributed by atoms with Gasteiger partial charge in [0.2, 0.25) is 5.91 Å². The lowest BCUT2D eigenvalue weighted by Gasteiger charge is -2.24. The molecule has 0 unspecified atom stereocenters. The van der Waals surface area contributed by atoms with E-state index >= 15 is 0 Å². The van der Waals surface area contributed by atoms with Gasteiger partial charge in [-0.2, -0.15) is 0 Å². The summed E-state index contributed by atoms with van der Waals surface area (Å²) in [5, 5.41) is 6.02. The first-order valence-corrected chi connectivity index (χ1v) is 8.97. The Kier molecular flexibility index (Phi) is 5.99. The number of para-hydroxylation sites is 1. The van der Waals surface area contributed by atoms with Crippen LogP contribution in [0.1, 0.15) is 29.7 Å². The number of carbonyl (C=O) groups excluding carboxylic acids is 1. The molecule has 0 aliphatic heterocycles. The van der Waals surface area contributed by atoms with Crippen LogP contribution in [-0.2, 0) is 4.79 Å². The highest BCUT2D eigenvalue weighted by atomic mass is 19.1. The van der Waals surface area contributed by atoms with Gasteiger partial charge < -0.3 is 5.32 Å². The highest BCUT2D eigenvalue weighted by Gasteiger charge is 2.21. The van der Waals surface area contributed by atoms with Gasteiger partial charge in [-0.1, -0.05) is 72.3 Å². The maximum Gasteiger partial charge on any atom is 0.241 e. The second-order valence-electron chi connectivity index (χ2n) is 6.61. The lowest BCUT2D eigenvalue weighted by molar-refractivity contribution is -0.117. The van der Waals surface area contributed by atoms with Crippen molar-refractivity contribution in [3.63, 3.8) is 0 Å². The lowest BCUT2D eigenvalue weighted by Crippen LogP contribution is -2.40. The van der Waals surface area contributed by atoms with Crippen molar-refractivity contribution in [1.82, 2.24) is 5.32 Å². The van der Waals surface area contributed by atoms with Gasteiger partial charge in [-0.25, -0.2) is 4.39 Å². The molecule has 4 heteroatoms. The van der Waals surface area contributed by atoms with E-state index in [1.807, 2.05) is 37.3 Å². The number of anilines is 1. The molecule has 0 saturated carbocycles. The van der Waals surface area contributed by atoms with Crippen LogP contribution in [0.5, 0.6) is 0 Å². The molecule has 0 aliphatic rings. The van der Waals surface area contributed by atoms with Crippen molar-refractivity contribution in [2.75, 3.05) is 5.32 Å². The summed E-state index contributed by atoms with van der Waals surface area (Å²) in [6, 6.07) is 23.7. The first kappa shape index (κ1) is 18.8. The Morgan fingerprint density at radius 2 is 1.44 bits per heavy atom. The molecule has 0 saturated heterocycles. The second kappa shape index (κ2) is 8.60. The van der Waals surface area contributed by atoms with Crippen LogP contribution in [0.15, 0.2) is 78.9 Å². The standard InChI is InChI=1S/C23H23FN2O/c1-16-12-14-19(15-13-16)22(18-8-4-3-5-9-18)25-17(2)23(27)26-21-11-7-6-10-20(21)24/h3-15,17,22,25H,1-2H3,(H,26,27)/t17-,22+/m1/s1. The second-order valence-corrected chi connectivity index (χ2v) is 6.61. The first-order chi connectivity index (χ1) is 13.0. The minimum Gasteiger partial charge on any atom is -0.322 e. The highest BCUT2D eigenvalue weighted by molar-refractivity contribution is 5.94. The van der Waals surface area contributed by atoms with Crippen LogP contribution < -0.4 is 10.6 Å². The SMILES string of the molecule is Cc1ccc([C@@H](N[C@H](C)C(=O)Nc2ccccc2F)c2ccccc2)cc1. The van der Waals surface area contributed by atoms with Crippen molar-refractivity contribution in [3.8, 4) is 0 Å². The van der Waals surface area contributed by atoms with Gasteiger partial charge in [0.05, 0.1) is 17.8 Å². The Hall–Kier alpha value is -2.98. The van der Waals surface area contributed by atoms with Gasteiger partial charge in [-0.3, -0.25) is 10.1 Å². The van der Waals surface area contributed by atoms with Gasteiger partial charge >= 0.3 is 0 Å². The summed E-state index contributed by atoms with van der Waals surface area (Å²) in [5.41, 5.74) is 3.49. The van der Waals surface area contributed by atoms with E-state index in [9.17, 15) is 9.18 Å². The zero-order valence-corrected chi connectivity index (χ0v) is 15.4. The molecule has 27 heavy (non-hydrogen) atoms. The maximum atomic E-state index is 13.8. The average Bonchev–Trinajstić information content (AvgIpc) is 2.69. The third-order valence-electron chi connectivity index (χ3n) is 4.49. The van der Waals surface area contributed by atoms with Crippen LogP contribution >= 0.6 is 0 Å². The molecule has 3 aromatic rings. The van der Waals surface area contributed by atoms with E-state index in [2.05, 4.69) is 34.9 Å². The Morgan fingerprint density at radius 3 is 2.11 bits per heavy atom. The van der Waals surface area contributed by atoms with Gasteiger partial charge in [-0.15, -0.1) is 0 Å². The fourth-order valence-corrected chi connectivity index (χ4v) is 2.92. The highest BCUT2D eigenvalue weighted by Crippen LogP contribution is 2.23. The summed E-state index contributed by atoms with van der Waals surface area (Å²) in [6.07, 6.45) is 0. The minimum atomic E-state index is -0.517. The topological polar surface area (TPSA) is 41.1 Å². The quantitative estimate of drug-likeness (QED) is 0.659. The van der Waals surface area contributed by atoms with Crippen molar-refractivity contribution < 1.29 is 9.18 Å². The van der Waals surface area contributed by atoms with Crippen LogP contribution in [0, 0.1) is 12.7 Å². The molecule has 0 aliphatic carbocycles. The smallest absolute Gasteiger partial charge is 0.241 e. The predicted octanol–water partition coefficient (Wildman–Crippen LogP) is 4.84. The summed E-state index contributed by atoms with van der Waals surface area (Å²) in [7, 11) is 0. The summed E-state index contributed by atoms with van der Waals surface area (Å²) < 4.78 is 13.8. The van der Waals surface area contributed by atoms with E-state index in [1.165, 1.54) is 11.6 Å². The van der Waals surface area contributed by atoms with Crippen molar-refractivity contribution in [3.05, 3.63) is 101 Å². The van der Waals surface area contributed by atoms with E-state index in [0.717, 1.165) is 11.1 Å². The van der Waals surface area contributed by atoms with E-state index < -0.39 is 11.9 Å². The Morgan fingerprint density at radius 1 is 0.852 bits per heavy atom. The molecule has 3 aromatic carbocycles. The molecule has 0 bridgehead atoms. The number of hydrogen-bond acceptors (Lipinski definition) is 2. The van der Waals surface area contributed by atoms with Crippen molar-refractivity contribution >= 4 is 11.6 Å². The molecular weight excluding hydrogens is 339 g/mol. The van der Waals surface area contributed by atoms with E-state index in [0.29, 0.717) is 0 Å². The van der Waals surface area contributed by atoms with Gasteiger partial charge in [-0.05, 0) is 37.1 Å². The molecule has 2 N–H and O–H groups in total. The molecule has 0 spiro atoms. The van der Waals surface area contributed by atoms with Crippen LogP contribution in [0.2, 0.25) is 0 Å². The van der Waals surface area contributed by atoms with Crippen molar-refractivity contribution in [2.45, 2.75) is 25.9 Å². The maximum absolute atomic E-state index is 13.8. The number of halogens is 1. The molecule has 0 radical (unpaired) electrons. The summed E-state index contributed by atoms with van der Waals surface area (Å²) in [5.74, 6) is -0.732. The molecule has 2 atom stereocenters. The monoisotopic (exact) mass is 362 g/mol. The summed E-state index contributed by atoms with van der Waals surface area (Å²) in [6.45, 7) is 3.82. The molecule has 0 fully saturated rings. The Labute approximate surface area is 159 Å². The van der Waals surface area contributed by atoms with Crippen LogP contribution in [0.25, 0.3) is 0 Å². The summed E-state index contributed by atoms with van der Waals surface area (Å²) in [4.78, 5) is 12.6. The molecule has 3 nitrogen and oxygen atoms in total. The van der Waals surface area contributed by atoms with Gasteiger partial charge in [0.25, 0.3) is 0 Å². The van der Waals surface area contributed by atoms with Crippen LogP contribution in [-0.4, -0.2) is 11.9 Å². The third kappa shape index (κ3) is 4.80. The molecule has 0 aromatic heterocycles. The fourth-order valence-electron chi connectivity index (χ4n) is 2.92. The Bertz CT molecular complexity index is 894. The number of benzene rings is 3.